The van der Waals surface area contributed by atoms with E-state index in [1.807, 2.05) is 31.2 Å². The van der Waals surface area contributed by atoms with Crippen molar-refractivity contribution in [3.05, 3.63) is 92.2 Å². The fourth-order valence-corrected chi connectivity index (χ4v) is 12.6. The number of carbonyl (C=O) groups is 3. The summed E-state index contributed by atoms with van der Waals surface area (Å²) in [6.45, 7) is 19.9. The molecule has 63 heavy (non-hydrogen) atoms. The Balaban J connectivity index is 1.05. The van der Waals surface area contributed by atoms with E-state index in [-0.39, 0.29) is 53.7 Å². The maximum Gasteiger partial charge on any atom is 0.251 e. The zero-order chi connectivity index (χ0) is 45.2. The molecule has 15 heteroatoms. The Hall–Kier alpha value is -3.64. The number of rotatable bonds is 18. The van der Waals surface area contributed by atoms with Gasteiger partial charge in [-0.15, -0.1) is 0 Å². The second-order valence-corrected chi connectivity index (χ2v) is 22.9. The van der Waals surface area contributed by atoms with Gasteiger partial charge in [-0.25, -0.2) is 4.39 Å². The van der Waals surface area contributed by atoms with E-state index < -0.39 is 11.7 Å². The Morgan fingerprint density at radius 1 is 0.984 bits per heavy atom. The number of anilines is 2. The Bertz CT molecular complexity index is 2210. The normalized spacial score (nSPS) is 22.1. The van der Waals surface area contributed by atoms with Crippen LogP contribution in [0.1, 0.15) is 98.5 Å². The largest absolute Gasteiger partial charge is 0.398 e. The lowest BCUT2D eigenvalue weighted by Crippen LogP contribution is -2.50. The highest BCUT2D eigenvalue weighted by molar-refractivity contribution is 7.65. The van der Waals surface area contributed by atoms with E-state index in [4.69, 9.17) is 33.9 Å². The van der Waals surface area contributed by atoms with E-state index in [2.05, 4.69) is 58.3 Å². The number of nitrogen functional groups attached to an aromatic ring is 1. The van der Waals surface area contributed by atoms with Gasteiger partial charge < -0.3 is 31.5 Å². The highest BCUT2D eigenvalue weighted by atomic mass is 35.5. The molecule has 0 aromatic heterocycles. The number of amides is 3. The number of hydrogen-bond acceptors (Lipinski definition) is 8. The average Bonchev–Trinajstić information content (AvgIpc) is 3.87. The van der Waals surface area contributed by atoms with Crippen molar-refractivity contribution in [3.63, 3.8) is 0 Å². The molecule has 5 N–H and O–H groups in total. The number of piperazine rings is 1. The molecular formula is C48H64Cl2FN8O3P. The predicted octanol–water partition coefficient (Wildman–Crippen LogP) is 8.13. The standard InChI is InChI=1S/C48H64Cl2FN8O3P/c1-30-33(46(62)54-26-47(3,4)25-48(5,6)27-58-19-17-57(18-20-58)16-8-15-53-31(2)61)13-14-34(43(30)52)39-24-40-44(56-39)41(36-9-7-10-37(50)42(36)51)45(59(40)29-63-21-22-63)35-12-11-32(49)23-38(35)55-28-60/h7,9-14,23,28,40-41,44-45H,8,15-22,24-27,29,52H2,1-6H3,(H,53,61)(H,54,62)(H,55,60)/t40-,41-,44+,45?/m0/s1. The fourth-order valence-electron chi connectivity index (χ4n) is 10.6. The van der Waals surface area contributed by atoms with E-state index in [0.717, 1.165) is 81.8 Å². The maximum absolute atomic E-state index is 16.2. The molecule has 0 radical (unpaired) electrons. The van der Waals surface area contributed by atoms with Crippen LogP contribution in [0.4, 0.5) is 15.8 Å². The lowest BCUT2D eigenvalue weighted by molar-refractivity contribution is -0.119. The summed E-state index contributed by atoms with van der Waals surface area (Å²) in [5, 5.41) is 9.52. The molecule has 3 aromatic carbocycles. The fraction of sp³-hybridized carbons (Fsp3) is 0.542. The summed E-state index contributed by atoms with van der Waals surface area (Å²) in [5.74, 6) is -1.02. The van der Waals surface area contributed by atoms with Gasteiger partial charge in [-0.3, -0.25) is 24.3 Å². The molecule has 0 spiro atoms. The molecule has 11 nitrogen and oxygen atoms in total. The van der Waals surface area contributed by atoms with Crippen LogP contribution in [0.25, 0.3) is 0 Å². The van der Waals surface area contributed by atoms with Crippen LogP contribution >= 0.6 is 31.1 Å². The van der Waals surface area contributed by atoms with Gasteiger partial charge in [0.25, 0.3) is 5.91 Å². The van der Waals surface area contributed by atoms with Gasteiger partial charge in [-0.05, 0) is 90.4 Å². The quantitative estimate of drug-likeness (QED) is 0.0438. The zero-order valence-electron chi connectivity index (χ0n) is 37.6. The molecule has 340 valence electrons. The molecule has 7 rings (SSSR count). The number of benzene rings is 3. The first-order valence-corrected chi connectivity index (χ1v) is 25.0. The topological polar surface area (TPSA) is 135 Å². The molecule has 4 aliphatic rings. The number of halogens is 3. The van der Waals surface area contributed by atoms with Crippen molar-refractivity contribution < 1.29 is 18.8 Å². The molecule has 3 amide bonds. The molecule has 4 aliphatic heterocycles. The van der Waals surface area contributed by atoms with Crippen LogP contribution in [0.2, 0.25) is 10.0 Å². The van der Waals surface area contributed by atoms with E-state index >= 15 is 4.39 Å². The minimum Gasteiger partial charge on any atom is -0.398 e. The van der Waals surface area contributed by atoms with Crippen molar-refractivity contribution >= 4 is 66.4 Å². The van der Waals surface area contributed by atoms with Crippen molar-refractivity contribution in [2.45, 2.75) is 84.8 Å². The second-order valence-electron chi connectivity index (χ2n) is 19.6. The summed E-state index contributed by atoms with van der Waals surface area (Å²) in [7, 11) is -0.192. The van der Waals surface area contributed by atoms with Crippen LogP contribution in [0.5, 0.6) is 0 Å². The smallest absolute Gasteiger partial charge is 0.251 e. The number of carbonyl (C=O) groups excluding carboxylic acids is 3. The van der Waals surface area contributed by atoms with Crippen LogP contribution in [0.3, 0.4) is 0 Å². The van der Waals surface area contributed by atoms with Gasteiger partial charge in [0.2, 0.25) is 12.3 Å². The number of nitrogens with zero attached hydrogens (tertiary/aromatic N) is 4. The summed E-state index contributed by atoms with van der Waals surface area (Å²) in [4.78, 5) is 49.8. The molecule has 0 saturated carbocycles. The van der Waals surface area contributed by atoms with Gasteiger partial charge in [0.15, 0.2) is 0 Å². The highest BCUT2D eigenvalue weighted by Crippen LogP contribution is 2.59. The molecule has 0 bridgehead atoms. The molecular weight excluding hydrogens is 857 g/mol. The van der Waals surface area contributed by atoms with Gasteiger partial charge in [-0.2, -0.15) is 0 Å². The van der Waals surface area contributed by atoms with Gasteiger partial charge in [0.05, 0.1) is 11.1 Å². The van der Waals surface area contributed by atoms with E-state index in [1.54, 1.807) is 31.2 Å². The van der Waals surface area contributed by atoms with E-state index in [1.165, 1.54) is 12.3 Å². The van der Waals surface area contributed by atoms with E-state index in [0.29, 0.717) is 52.5 Å². The van der Waals surface area contributed by atoms with Crippen molar-refractivity contribution in [2.75, 3.05) is 82.0 Å². The SMILES string of the molecule is CC(=O)NCCCN1CCN(CC(C)(C)CC(C)(C)CNC(=O)c2ccc(C3=N[C@H]4[C@H](c5cccc(Cl)c5F)C(c5ccc(Cl)cc5NC=O)N(CP5CC5)[C@H]4C3)c(N)c2C)CC1. The lowest BCUT2D eigenvalue weighted by Gasteiger charge is -2.41. The van der Waals surface area contributed by atoms with Crippen LogP contribution in [-0.4, -0.2) is 122 Å². The van der Waals surface area contributed by atoms with Crippen molar-refractivity contribution in [1.82, 2.24) is 25.3 Å². The third kappa shape index (κ3) is 11.3. The van der Waals surface area contributed by atoms with E-state index in [9.17, 15) is 14.4 Å². The van der Waals surface area contributed by atoms with Crippen molar-refractivity contribution in [3.8, 4) is 0 Å². The predicted molar refractivity (Wildman–Crippen MR) is 256 cm³/mol. The molecule has 1 unspecified atom stereocenters. The first-order chi connectivity index (χ1) is 29.9. The number of fused-ring (bicyclic) bond motifs is 1. The van der Waals surface area contributed by atoms with Gasteiger partial charge >= 0.3 is 0 Å². The zero-order valence-corrected chi connectivity index (χ0v) is 40.0. The van der Waals surface area contributed by atoms with Crippen molar-refractivity contribution in [2.24, 2.45) is 15.8 Å². The van der Waals surface area contributed by atoms with Gasteiger partial charge in [-0.1, -0.05) is 83.1 Å². The minimum absolute atomic E-state index is 0.0230. The van der Waals surface area contributed by atoms with Crippen LogP contribution in [-0.2, 0) is 9.59 Å². The summed E-state index contributed by atoms with van der Waals surface area (Å²) in [5.41, 5.74) is 12.1. The van der Waals surface area contributed by atoms with Gasteiger partial charge in [0.1, 0.15) is 5.82 Å². The minimum atomic E-state index is -0.464. The van der Waals surface area contributed by atoms with Crippen LogP contribution < -0.4 is 21.7 Å². The van der Waals surface area contributed by atoms with Crippen molar-refractivity contribution in [1.29, 1.82) is 0 Å². The summed E-state index contributed by atoms with van der Waals surface area (Å²) < 4.78 is 16.2. The lowest BCUT2D eigenvalue weighted by atomic mass is 9.74. The Morgan fingerprint density at radius 3 is 2.41 bits per heavy atom. The number of nitrogens with one attached hydrogen (secondary N) is 3. The molecule has 3 fully saturated rings. The number of nitrogens with two attached hydrogens (primary N) is 1. The first kappa shape index (κ1) is 47.3. The first-order valence-electron chi connectivity index (χ1n) is 22.3. The van der Waals surface area contributed by atoms with Crippen LogP contribution in [0.15, 0.2) is 53.5 Å². The average molecular weight is 922 g/mol. The third-order valence-corrected chi connectivity index (χ3v) is 15.6. The summed E-state index contributed by atoms with van der Waals surface area (Å²) in [6, 6.07) is 13.7. The maximum atomic E-state index is 16.2. The molecule has 3 aromatic rings. The summed E-state index contributed by atoms with van der Waals surface area (Å²) in [6.07, 6.45) is 6.39. The Kier molecular flexibility index (Phi) is 14.9. The highest BCUT2D eigenvalue weighted by Gasteiger charge is 2.55. The number of hydrogen-bond donors (Lipinski definition) is 4. The summed E-state index contributed by atoms with van der Waals surface area (Å²) >= 11 is 12.9. The number of likely N-dealkylation sites (tertiary alicyclic amines) is 1. The molecule has 0 aliphatic carbocycles. The number of aliphatic imine (C=N–C) groups is 1. The second kappa shape index (κ2) is 19.8. The Morgan fingerprint density at radius 2 is 1.71 bits per heavy atom. The monoisotopic (exact) mass is 920 g/mol. The third-order valence-electron chi connectivity index (χ3n) is 13.3. The van der Waals surface area contributed by atoms with Crippen LogP contribution in [0, 0.1) is 23.6 Å². The molecule has 4 heterocycles. The molecule has 3 saturated heterocycles. The van der Waals surface area contributed by atoms with Gasteiger partial charge in [0, 0.05) is 117 Å². The molecule has 4 atom stereocenters. The Labute approximate surface area is 383 Å².